The van der Waals surface area contributed by atoms with Gasteiger partial charge in [-0.15, -0.1) is 0 Å². The number of ketones is 1. The van der Waals surface area contributed by atoms with Gasteiger partial charge in [0.1, 0.15) is 0 Å². The average Bonchev–Trinajstić information content (AvgIpc) is 2.87. The molecule has 0 aliphatic heterocycles. The molecular formula is C16H16NO+. The normalized spacial score (nSPS) is 13.3. The van der Waals surface area contributed by atoms with Crippen molar-refractivity contribution in [3.63, 3.8) is 0 Å². The lowest BCUT2D eigenvalue weighted by Crippen LogP contribution is -2.36. The topological polar surface area (TPSA) is 20.9 Å². The van der Waals surface area contributed by atoms with E-state index >= 15 is 0 Å². The molecule has 1 aliphatic rings. The van der Waals surface area contributed by atoms with Crippen molar-refractivity contribution in [3.05, 3.63) is 65.5 Å². The molecule has 0 amide bonds. The summed E-state index contributed by atoms with van der Waals surface area (Å²) in [6.45, 7) is 0.416. The number of fused-ring (bicyclic) bond motifs is 1. The number of carbonyl (C=O) groups excluding carboxylic acids is 1. The van der Waals surface area contributed by atoms with Crippen molar-refractivity contribution >= 4 is 5.78 Å². The molecule has 3 rings (SSSR count). The highest BCUT2D eigenvalue weighted by Gasteiger charge is 2.16. The fourth-order valence-corrected chi connectivity index (χ4v) is 2.54. The van der Waals surface area contributed by atoms with Gasteiger partial charge < -0.3 is 0 Å². The molecule has 0 saturated heterocycles. The van der Waals surface area contributed by atoms with Crippen molar-refractivity contribution in [2.75, 3.05) is 0 Å². The first-order valence-electron chi connectivity index (χ1n) is 6.42. The minimum atomic E-state index is 0.181. The lowest BCUT2D eigenvalue weighted by atomic mass is 10.0. The first-order valence-corrected chi connectivity index (χ1v) is 6.42. The van der Waals surface area contributed by atoms with E-state index in [1.165, 1.54) is 17.5 Å². The number of pyridine rings is 1. The maximum absolute atomic E-state index is 12.2. The molecule has 1 aliphatic carbocycles. The summed E-state index contributed by atoms with van der Waals surface area (Å²) in [6, 6.07) is 12.0. The predicted molar refractivity (Wildman–Crippen MR) is 69.4 cm³/mol. The van der Waals surface area contributed by atoms with E-state index in [0.29, 0.717) is 6.54 Å². The van der Waals surface area contributed by atoms with E-state index in [-0.39, 0.29) is 5.78 Å². The number of carbonyl (C=O) groups is 1. The van der Waals surface area contributed by atoms with Crippen LogP contribution in [-0.2, 0) is 19.4 Å². The van der Waals surface area contributed by atoms with Gasteiger partial charge in [0.05, 0.1) is 0 Å². The third-order valence-electron chi connectivity index (χ3n) is 3.52. The second-order valence-electron chi connectivity index (χ2n) is 4.81. The minimum Gasteiger partial charge on any atom is -0.287 e. The molecule has 0 bridgehead atoms. The summed E-state index contributed by atoms with van der Waals surface area (Å²) in [6.07, 6.45) is 7.35. The second-order valence-corrected chi connectivity index (χ2v) is 4.81. The maximum atomic E-state index is 12.2. The summed E-state index contributed by atoms with van der Waals surface area (Å²) in [5.41, 5.74) is 3.62. The third kappa shape index (κ3) is 2.19. The van der Waals surface area contributed by atoms with E-state index in [2.05, 4.69) is 12.1 Å². The van der Waals surface area contributed by atoms with Gasteiger partial charge in [-0.1, -0.05) is 18.2 Å². The smallest absolute Gasteiger partial charge is 0.227 e. The Hall–Kier alpha value is -1.96. The fraction of sp³-hybridized carbons (Fsp3) is 0.250. The summed E-state index contributed by atoms with van der Waals surface area (Å²) in [4.78, 5) is 12.2. The molecule has 1 aromatic carbocycles. The Bertz CT molecular complexity index is 575. The molecule has 90 valence electrons. The highest BCUT2D eigenvalue weighted by molar-refractivity contribution is 5.95. The molecule has 2 aromatic rings. The van der Waals surface area contributed by atoms with Gasteiger partial charge in [-0.05, 0) is 36.5 Å². The molecular weight excluding hydrogens is 222 g/mol. The Morgan fingerprint density at radius 1 is 1.06 bits per heavy atom. The van der Waals surface area contributed by atoms with E-state index in [9.17, 15) is 4.79 Å². The van der Waals surface area contributed by atoms with Crippen LogP contribution in [0.1, 0.15) is 27.9 Å². The monoisotopic (exact) mass is 238 g/mol. The van der Waals surface area contributed by atoms with Crippen LogP contribution >= 0.6 is 0 Å². The van der Waals surface area contributed by atoms with Gasteiger partial charge in [0.15, 0.2) is 12.4 Å². The van der Waals surface area contributed by atoms with E-state index in [1.54, 1.807) is 0 Å². The van der Waals surface area contributed by atoms with Crippen LogP contribution < -0.4 is 4.57 Å². The highest BCUT2D eigenvalue weighted by atomic mass is 16.1. The number of benzene rings is 1. The van der Waals surface area contributed by atoms with Crippen LogP contribution in [-0.4, -0.2) is 5.78 Å². The first kappa shape index (κ1) is 11.1. The Labute approximate surface area is 107 Å². The van der Waals surface area contributed by atoms with E-state index in [0.717, 1.165) is 18.4 Å². The van der Waals surface area contributed by atoms with Crippen LogP contribution in [0.4, 0.5) is 0 Å². The zero-order valence-corrected chi connectivity index (χ0v) is 10.3. The zero-order chi connectivity index (χ0) is 12.4. The number of aryl methyl sites for hydroxylation is 2. The summed E-state index contributed by atoms with van der Waals surface area (Å²) in [7, 11) is 0. The van der Waals surface area contributed by atoms with Crippen LogP contribution in [0.25, 0.3) is 0 Å². The summed E-state index contributed by atoms with van der Waals surface area (Å²) >= 11 is 0. The van der Waals surface area contributed by atoms with E-state index < -0.39 is 0 Å². The van der Waals surface area contributed by atoms with E-state index in [4.69, 9.17) is 0 Å². The van der Waals surface area contributed by atoms with Gasteiger partial charge in [-0.3, -0.25) is 4.79 Å². The number of Topliss-reactive ketones (excluding diaryl/α,β-unsaturated/α-hetero) is 1. The molecule has 1 heterocycles. The van der Waals surface area contributed by atoms with Crippen molar-refractivity contribution in [3.8, 4) is 0 Å². The fourth-order valence-electron chi connectivity index (χ4n) is 2.54. The number of nitrogens with zero attached hydrogens (tertiary/aromatic N) is 1. The zero-order valence-electron chi connectivity index (χ0n) is 10.3. The van der Waals surface area contributed by atoms with Crippen molar-refractivity contribution < 1.29 is 9.36 Å². The number of hydrogen-bond acceptors (Lipinski definition) is 1. The summed E-state index contributed by atoms with van der Waals surface area (Å²) in [5.74, 6) is 0.181. The molecule has 2 heteroatoms. The molecule has 1 aromatic heterocycles. The van der Waals surface area contributed by atoms with Crippen molar-refractivity contribution in [1.29, 1.82) is 0 Å². The standard InChI is InChI=1S/C16H16NO/c18-16(12-17-9-2-1-3-10-17)15-8-7-13-5-4-6-14(13)11-15/h1-3,7-11H,4-6,12H2/q+1. The van der Waals surface area contributed by atoms with Crippen LogP contribution in [0, 0.1) is 0 Å². The SMILES string of the molecule is O=C(C[n+]1ccccc1)c1ccc2c(c1)CCC2. The molecule has 0 fully saturated rings. The maximum Gasteiger partial charge on any atom is 0.227 e. The molecule has 0 unspecified atom stereocenters. The molecule has 0 spiro atoms. The number of aromatic nitrogens is 1. The molecule has 0 radical (unpaired) electrons. The Kier molecular flexibility index (Phi) is 2.93. The van der Waals surface area contributed by atoms with Gasteiger partial charge >= 0.3 is 0 Å². The van der Waals surface area contributed by atoms with Crippen LogP contribution in [0.5, 0.6) is 0 Å². The molecule has 2 nitrogen and oxygen atoms in total. The highest BCUT2D eigenvalue weighted by Crippen LogP contribution is 2.22. The lowest BCUT2D eigenvalue weighted by Gasteiger charge is -2.02. The Morgan fingerprint density at radius 2 is 1.83 bits per heavy atom. The van der Waals surface area contributed by atoms with E-state index in [1.807, 2.05) is 41.2 Å². The van der Waals surface area contributed by atoms with Crippen molar-refractivity contribution in [2.24, 2.45) is 0 Å². The van der Waals surface area contributed by atoms with Gasteiger partial charge in [0.2, 0.25) is 12.3 Å². The first-order chi connectivity index (χ1) is 8.83. The van der Waals surface area contributed by atoms with Crippen molar-refractivity contribution in [1.82, 2.24) is 0 Å². The minimum absolute atomic E-state index is 0.181. The van der Waals surface area contributed by atoms with Crippen LogP contribution in [0.15, 0.2) is 48.8 Å². The largest absolute Gasteiger partial charge is 0.287 e. The van der Waals surface area contributed by atoms with Gasteiger partial charge in [-0.2, -0.15) is 4.57 Å². The third-order valence-corrected chi connectivity index (χ3v) is 3.52. The molecule has 0 atom stereocenters. The second kappa shape index (κ2) is 4.73. The molecule has 0 saturated carbocycles. The van der Waals surface area contributed by atoms with Gasteiger partial charge in [0.25, 0.3) is 0 Å². The van der Waals surface area contributed by atoms with Gasteiger partial charge in [0, 0.05) is 17.7 Å². The summed E-state index contributed by atoms with van der Waals surface area (Å²) < 4.78 is 1.91. The number of hydrogen-bond donors (Lipinski definition) is 0. The molecule has 18 heavy (non-hydrogen) atoms. The predicted octanol–water partition coefficient (Wildman–Crippen LogP) is 2.35. The number of rotatable bonds is 3. The Morgan fingerprint density at radius 3 is 2.67 bits per heavy atom. The lowest BCUT2D eigenvalue weighted by molar-refractivity contribution is -0.683. The average molecular weight is 238 g/mol. The van der Waals surface area contributed by atoms with Crippen molar-refractivity contribution in [2.45, 2.75) is 25.8 Å². The van der Waals surface area contributed by atoms with Gasteiger partial charge in [-0.25, -0.2) is 0 Å². The molecule has 0 N–H and O–H groups in total. The quantitative estimate of drug-likeness (QED) is 0.594. The van der Waals surface area contributed by atoms with Crippen LogP contribution in [0.3, 0.4) is 0 Å². The summed E-state index contributed by atoms with van der Waals surface area (Å²) in [5, 5.41) is 0. The van der Waals surface area contributed by atoms with Crippen LogP contribution in [0.2, 0.25) is 0 Å². The Balaban J connectivity index is 1.81.